The van der Waals surface area contributed by atoms with E-state index in [1.54, 1.807) is 0 Å². The van der Waals surface area contributed by atoms with Crippen LogP contribution in [-0.4, -0.2) is 6.61 Å². The van der Waals surface area contributed by atoms with Crippen LogP contribution in [0.2, 0.25) is 0 Å². The second-order valence-corrected chi connectivity index (χ2v) is 4.65. The van der Waals surface area contributed by atoms with Crippen LogP contribution in [0.3, 0.4) is 0 Å². The van der Waals surface area contributed by atoms with E-state index in [1.165, 1.54) is 26.2 Å². The summed E-state index contributed by atoms with van der Waals surface area (Å²) in [5.74, 6) is -1.79. The highest BCUT2D eigenvalue weighted by molar-refractivity contribution is 5.30. The molecule has 0 aromatic carbocycles. The molecule has 96 valence electrons. The van der Waals surface area contributed by atoms with Crippen molar-refractivity contribution >= 4 is 0 Å². The summed E-state index contributed by atoms with van der Waals surface area (Å²) in [6, 6.07) is 0. The second-order valence-electron chi connectivity index (χ2n) is 4.65. The zero-order valence-electron chi connectivity index (χ0n) is 10.4. The molecule has 0 atom stereocenters. The average Bonchev–Trinajstić information content (AvgIpc) is 2.35. The van der Waals surface area contributed by atoms with Crippen molar-refractivity contribution in [3.05, 3.63) is 36.1 Å². The minimum Gasteiger partial charge on any atom is -0.491 e. The maximum atomic E-state index is 13.4. The zero-order valence-corrected chi connectivity index (χ0v) is 10.4. The fourth-order valence-corrected chi connectivity index (χ4v) is 1.95. The van der Waals surface area contributed by atoms with Crippen molar-refractivity contribution in [1.29, 1.82) is 0 Å². The molecule has 1 nitrogen and oxygen atoms in total. The van der Waals surface area contributed by atoms with Gasteiger partial charge in [0.2, 0.25) is 0 Å². The molecule has 0 heterocycles. The van der Waals surface area contributed by atoms with Crippen molar-refractivity contribution in [3.63, 3.8) is 0 Å². The normalized spacial score (nSPS) is 18.5. The van der Waals surface area contributed by atoms with Crippen LogP contribution in [0.1, 0.15) is 39.0 Å². The molecule has 1 rings (SSSR count). The van der Waals surface area contributed by atoms with Gasteiger partial charge < -0.3 is 4.74 Å². The van der Waals surface area contributed by atoms with Gasteiger partial charge in [0.15, 0.2) is 17.4 Å². The summed E-state index contributed by atoms with van der Waals surface area (Å²) in [6.45, 7) is 8.58. The van der Waals surface area contributed by atoms with Crippen molar-refractivity contribution in [3.8, 4) is 0 Å². The Bertz CT molecular complexity index is 325. The van der Waals surface area contributed by atoms with Crippen molar-refractivity contribution in [1.82, 2.24) is 0 Å². The van der Waals surface area contributed by atoms with E-state index in [2.05, 4.69) is 13.2 Å². The molecule has 3 heteroatoms. The highest BCUT2D eigenvalue weighted by Crippen LogP contribution is 2.27. The van der Waals surface area contributed by atoms with Gasteiger partial charge >= 0.3 is 0 Å². The van der Waals surface area contributed by atoms with Gasteiger partial charge in [-0.15, -0.1) is 0 Å². The molecule has 0 aromatic heterocycles. The Hall–Kier alpha value is -1.12. The third kappa shape index (κ3) is 4.33. The molecule has 0 amide bonds. The first-order chi connectivity index (χ1) is 8.02. The molecule has 0 bridgehead atoms. The third-order valence-corrected chi connectivity index (χ3v) is 3.03. The van der Waals surface area contributed by atoms with Crippen LogP contribution in [0.4, 0.5) is 8.78 Å². The lowest BCUT2D eigenvalue weighted by molar-refractivity contribution is 0.140. The Labute approximate surface area is 102 Å². The number of ether oxygens (including phenoxy) is 1. The summed E-state index contributed by atoms with van der Waals surface area (Å²) < 4.78 is 31.8. The molecule has 1 saturated carbocycles. The van der Waals surface area contributed by atoms with Gasteiger partial charge in [0.05, 0.1) is 6.61 Å². The Morgan fingerprint density at radius 1 is 1.12 bits per heavy atom. The molecule has 0 N–H and O–H groups in total. The van der Waals surface area contributed by atoms with E-state index in [4.69, 9.17) is 4.74 Å². The minimum atomic E-state index is -1.03. The standard InChI is InChI=1S/C14H20F2O/c1-10(2)13(15)14(16)11(3)17-9-12-7-5-4-6-8-12/h12H,1,3-9H2,2H3/b14-13-. The second kappa shape index (κ2) is 6.58. The highest BCUT2D eigenvalue weighted by atomic mass is 19.2. The van der Waals surface area contributed by atoms with Crippen LogP contribution >= 0.6 is 0 Å². The van der Waals surface area contributed by atoms with Crippen molar-refractivity contribution in [2.24, 2.45) is 5.92 Å². The molecular formula is C14H20F2O. The van der Waals surface area contributed by atoms with Gasteiger partial charge in [0.25, 0.3) is 0 Å². The lowest BCUT2D eigenvalue weighted by atomic mass is 9.90. The first-order valence-electron chi connectivity index (χ1n) is 6.05. The average molecular weight is 242 g/mol. The highest BCUT2D eigenvalue weighted by Gasteiger charge is 2.17. The van der Waals surface area contributed by atoms with Crippen LogP contribution in [-0.2, 0) is 4.74 Å². The van der Waals surface area contributed by atoms with Gasteiger partial charge in [0.1, 0.15) is 0 Å². The molecule has 17 heavy (non-hydrogen) atoms. The third-order valence-electron chi connectivity index (χ3n) is 3.03. The van der Waals surface area contributed by atoms with Crippen molar-refractivity contribution in [2.75, 3.05) is 6.61 Å². The molecule has 1 aliphatic carbocycles. The predicted octanol–water partition coefficient (Wildman–Crippen LogP) is 4.82. The Balaban J connectivity index is 2.43. The lowest BCUT2D eigenvalue weighted by Crippen LogP contribution is -2.13. The number of allylic oxidation sites excluding steroid dienone is 3. The quantitative estimate of drug-likeness (QED) is 0.496. The number of hydrogen-bond donors (Lipinski definition) is 0. The van der Waals surface area contributed by atoms with Gasteiger partial charge in [0, 0.05) is 0 Å². The molecule has 0 unspecified atom stereocenters. The lowest BCUT2D eigenvalue weighted by Gasteiger charge is -2.21. The van der Waals surface area contributed by atoms with E-state index in [0.29, 0.717) is 12.5 Å². The molecule has 1 aliphatic rings. The number of rotatable bonds is 5. The largest absolute Gasteiger partial charge is 0.491 e. The molecule has 0 aliphatic heterocycles. The Morgan fingerprint density at radius 2 is 1.71 bits per heavy atom. The van der Waals surface area contributed by atoms with Crippen LogP contribution in [0, 0.1) is 5.92 Å². The van der Waals surface area contributed by atoms with E-state index in [0.717, 1.165) is 12.8 Å². The topological polar surface area (TPSA) is 9.23 Å². The summed E-state index contributed by atoms with van der Waals surface area (Å²) in [6.07, 6.45) is 5.84. The molecule has 0 saturated heterocycles. The molecule has 0 radical (unpaired) electrons. The molecule has 0 spiro atoms. The number of hydrogen-bond acceptors (Lipinski definition) is 1. The van der Waals surface area contributed by atoms with Crippen LogP contribution < -0.4 is 0 Å². The smallest absolute Gasteiger partial charge is 0.200 e. The first kappa shape index (κ1) is 13.9. The molecule has 1 fully saturated rings. The summed E-state index contributed by atoms with van der Waals surface area (Å²) in [4.78, 5) is 0. The van der Waals surface area contributed by atoms with E-state index < -0.39 is 11.7 Å². The Morgan fingerprint density at radius 3 is 2.24 bits per heavy atom. The van der Waals surface area contributed by atoms with Crippen molar-refractivity contribution < 1.29 is 13.5 Å². The van der Waals surface area contributed by atoms with Gasteiger partial charge in [-0.1, -0.05) is 32.4 Å². The number of halogens is 2. The van der Waals surface area contributed by atoms with Gasteiger partial charge in [-0.05, 0) is 31.3 Å². The molecular weight excluding hydrogens is 222 g/mol. The van der Waals surface area contributed by atoms with Crippen molar-refractivity contribution in [2.45, 2.75) is 39.0 Å². The summed E-state index contributed by atoms with van der Waals surface area (Å²) in [5, 5.41) is 0. The summed E-state index contributed by atoms with van der Waals surface area (Å²) >= 11 is 0. The van der Waals surface area contributed by atoms with E-state index in [9.17, 15) is 8.78 Å². The Kier molecular flexibility index (Phi) is 5.39. The minimum absolute atomic E-state index is 0.0462. The van der Waals surface area contributed by atoms with Gasteiger partial charge in [-0.3, -0.25) is 0 Å². The first-order valence-corrected chi connectivity index (χ1v) is 6.05. The van der Waals surface area contributed by atoms with Gasteiger partial charge in [-0.25, -0.2) is 4.39 Å². The summed E-state index contributed by atoms with van der Waals surface area (Å²) in [7, 11) is 0. The van der Waals surface area contributed by atoms with Crippen LogP contribution in [0.15, 0.2) is 36.1 Å². The fraction of sp³-hybridized carbons (Fsp3) is 0.571. The van der Waals surface area contributed by atoms with E-state index in [-0.39, 0.29) is 11.3 Å². The predicted molar refractivity (Wildman–Crippen MR) is 65.7 cm³/mol. The SMILES string of the molecule is C=C(C)/C(F)=C(/F)C(=C)OCC1CCCCC1. The molecule has 0 aromatic rings. The van der Waals surface area contributed by atoms with E-state index >= 15 is 0 Å². The van der Waals surface area contributed by atoms with E-state index in [1.807, 2.05) is 0 Å². The van der Waals surface area contributed by atoms with Crippen LogP contribution in [0.5, 0.6) is 0 Å². The maximum absolute atomic E-state index is 13.4. The monoisotopic (exact) mass is 242 g/mol. The maximum Gasteiger partial charge on any atom is 0.200 e. The summed E-state index contributed by atoms with van der Waals surface area (Å²) in [5.41, 5.74) is 0.0462. The fourth-order valence-electron chi connectivity index (χ4n) is 1.95. The van der Waals surface area contributed by atoms with Crippen LogP contribution in [0.25, 0.3) is 0 Å². The van der Waals surface area contributed by atoms with Gasteiger partial charge in [-0.2, -0.15) is 4.39 Å². The zero-order chi connectivity index (χ0) is 12.8.